The predicted octanol–water partition coefficient (Wildman–Crippen LogP) is 1.24. The zero-order chi connectivity index (χ0) is 15.6. The van der Waals surface area contributed by atoms with Crippen LogP contribution >= 0.6 is 0 Å². The SMILES string of the molecule is Cc1ccc(CN(C)S(=O)(=O)c2[nH]ncc2C(=O)O)cc1. The van der Waals surface area contributed by atoms with Gasteiger partial charge in [-0.05, 0) is 12.5 Å². The van der Waals surface area contributed by atoms with Gasteiger partial charge >= 0.3 is 5.97 Å². The summed E-state index contributed by atoms with van der Waals surface area (Å²) in [4.78, 5) is 11.0. The number of nitrogens with one attached hydrogen (secondary N) is 1. The molecule has 0 amide bonds. The minimum absolute atomic E-state index is 0.140. The number of aromatic nitrogens is 2. The van der Waals surface area contributed by atoms with Crippen LogP contribution in [0.1, 0.15) is 21.5 Å². The number of aryl methyl sites for hydroxylation is 1. The van der Waals surface area contributed by atoms with Gasteiger partial charge in [0.15, 0.2) is 5.03 Å². The van der Waals surface area contributed by atoms with Gasteiger partial charge in [0.25, 0.3) is 10.0 Å². The lowest BCUT2D eigenvalue weighted by molar-refractivity contribution is 0.0692. The molecule has 0 saturated heterocycles. The van der Waals surface area contributed by atoms with Crippen LogP contribution in [0.4, 0.5) is 0 Å². The maximum Gasteiger partial charge on any atom is 0.340 e. The van der Waals surface area contributed by atoms with Crippen molar-refractivity contribution in [3.63, 3.8) is 0 Å². The maximum absolute atomic E-state index is 12.4. The normalized spacial score (nSPS) is 11.8. The van der Waals surface area contributed by atoms with E-state index >= 15 is 0 Å². The molecule has 7 nitrogen and oxygen atoms in total. The third-order valence-corrected chi connectivity index (χ3v) is 4.81. The number of carbonyl (C=O) groups is 1. The summed E-state index contributed by atoms with van der Waals surface area (Å²) in [5.41, 5.74) is 1.51. The monoisotopic (exact) mass is 309 g/mol. The Balaban J connectivity index is 2.28. The number of sulfonamides is 1. The van der Waals surface area contributed by atoms with Crippen LogP contribution in [0.2, 0.25) is 0 Å². The molecule has 1 heterocycles. The Morgan fingerprint density at radius 1 is 1.33 bits per heavy atom. The van der Waals surface area contributed by atoms with E-state index in [1.54, 1.807) is 0 Å². The summed E-state index contributed by atoms with van der Waals surface area (Å²) in [7, 11) is -2.55. The number of hydrogen-bond acceptors (Lipinski definition) is 4. The van der Waals surface area contributed by atoms with Crippen molar-refractivity contribution in [2.75, 3.05) is 7.05 Å². The summed E-state index contributed by atoms with van der Waals surface area (Å²) in [5, 5.41) is 14.3. The van der Waals surface area contributed by atoms with Gasteiger partial charge in [-0.3, -0.25) is 5.10 Å². The standard InChI is InChI=1S/C13H15N3O4S/c1-9-3-5-10(6-4-9)8-16(2)21(19,20)12-11(13(17)18)7-14-15-12/h3-7H,8H2,1-2H3,(H,14,15)(H,17,18). The highest BCUT2D eigenvalue weighted by atomic mass is 32.2. The van der Waals surface area contributed by atoms with Gasteiger partial charge in [0.1, 0.15) is 5.56 Å². The summed E-state index contributed by atoms with van der Waals surface area (Å²) >= 11 is 0. The molecule has 8 heteroatoms. The Bertz CT molecular complexity index is 750. The van der Waals surface area contributed by atoms with Gasteiger partial charge in [-0.15, -0.1) is 0 Å². The summed E-state index contributed by atoms with van der Waals surface area (Å²) in [6, 6.07) is 7.42. The van der Waals surface area contributed by atoms with Gasteiger partial charge in [-0.2, -0.15) is 9.40 Å². The molecule has 21 heavy (non-hydrogen) atoms. The Morgan fingerprint density at radius 3 is 2.52 bits per heavy atom. The van der Waals surface area contributed by atoms with Crippen LogP contribution in [0.5, 0.6) is 0 Å². The Hall–Kier alpha value is -2.19. The molecule has 1 aromatic heterocycles. The first-order valence-corrected chi connectivity index (χ1v) is 7.55. The summed E-state index contributed by atoms with van der Waals surface area (Å²) in [6.45, 7) is 2.08. The fourth-order valence-corrected chi connectivity index (χ4v) is 3.03. The Labute approximate surface area is 122 Å². The van der Waals surface area contributed by atoms with E-state index < -0.39 is 21.0 Å². The van der Waals surface area contributed by atoms with E-state index in [1.165, 1.54) is 7.05 Å². The van der Waals surface area contributed by atoms with E-state index in [9.17, 15) is 13.2 Å². The van der Waals surface area contributed by atoms with Crippen molar-refractivity contribution in [3.05, 3.63) is 47.2 Å². The van der Waals surface area contributed by atoms with E-state index in [0.717, 1.165) is 21.6 Å². The Morgan fingerprint density at radius 2 is 1.95 bits per heavy atom. The highest BCUT2D eigenvalue weighted by Crippen LogP contribution is 2.18. The van der Waals surface area contributed by atoms with Gasteiger partial charge in [-0.25, -0.2) is 13.2 Å². The van der Waals surface area contributed by atoms with Crippen LogP contribution < -0.4 is 0 Å². The molecule has 0 aliphatic heterocycles. The van der Waals surface area contributed by atoms with Crippen molar-refractivity contribution in [2.45, 2.75) is 18.5 Å². The zero-order valence-electron chi connectivity index (χ0n) is 11.6. The molecule has 0 atom stereocenters. The first kappa shape index (κ1) is 15.2. The molecule has 0 unspecified atom stereocenters. The highest BCUT2D eigenvalue weighted by molar-refractivity contribution is 7.89. The van der Waals surface area contributed by atoms with Crippen LogP contribution in [0.3, 0.4) is 0 Å². The van der Waals surface area contributed by atoms with Crippen LogP contribution in [0, 0.1) is 6.92 Å². The van der Waals surface area contributed by atoms with Crippen molar-refractivity contribution < 1.29 is 18.3 Å². The first-order chi connectivity index (χ1) is 9.82. The molecule has 0 saturated carbocycles. The molecule has 2 aromatic rings. The summed E-state index contributed by atoms with van der Waals surface area (Å²) < 4.78 is 25.8. The number of carboxylic acids is 1. The topological polar surface area (TPSA) is 103 Å². The number of benzene rings is 1. The van der Waals surface area contributed by atoms with Crippen molar-refractivity contribution in [3.8, 4) is 0 Å². The van der Waals surface area contributed by atoms with Crippen molar-refractivity contribution in [1.29, 1.82) is 0 Å². The lowest BCUT2D eigenvalue weighted by atomic mass is 10.1. The predicted molar refractivity (Wildman–Crippen MR) is 75.4 cm³/mol. The molecule has 0 fully saturated rings. The van der Waals surface area contributed by atoms with E-state index in [0.29, 0.717) is 0 Å². The quantitative estimate of drug-likeness (QED) is 0.864. The lowest BCUT2D eigenvalue weighted by Crippen LogP contribution is -2.28. The molecule has 2 rings (SSSR count). The molecule has 0 bridgehead atoms. The number of hydrogen-bond donors (Lipinski definition) is 2. The minimum Gasteiger partial charge on any atom is -0.478 e. The summed E-state index contributed by atoms with van der Waals surface area (Å²) in [6.07, 6.45) is 0.981. The third-order valence-electron chi connectivity index (χ3n) is 3.03. The van der Waals surface area contributed by atoms with Gasteiger partial charge in [0, 0.05) is 13.6 Å². The minimum atomic E-state index is -3.95. The third kappa shape index (κ3) is 3.11. The highest BCUT2D eigenvalue weighted by Gasteiger charge is 2.28. The van der Waals surface area contributed by atoms with E-state index in [2.05, 4.69) is 10.2 Å². The van der Waals surface area contributed by atoms with Gasteiger partial charge < -0.3 is 5.11 Å². The summed E-state index contributed by atoms with van der Waals surface area (Å²) in [5.74, 6) is -1.34. The largest absolute Gasteiger partial charge is 0.478 e. The number of nitrogens with zero attached hydrogens (tertiary/aromatic N) is 2. The van der Waals surface area contributed by atoms with Gasteiger partial charge in [0.2, 0.25) is 0 Å². The van der Waals surface area contributed by atoms with Crippen LogP contribution in [-0.4, -0.2) is 41.0 Å². The molecule has 0 aliphatic rings. The van der Waals surface area contributed by atoms with Gasteiger partial charge in [-0.1, -0.05) is 29.8 Å². The fourth-order valence-electron chi connectivity index (χ4n) is 1.81. The lowest BCUT2D eigenvalue weighted by Gasteiger charge is -2.16. The number of rotatable bonds is 5. The molecule has 1 aromatic carbocycles. The Kier molecular flexibility index (Phi) is 4.10. The average molecular weight is 309 g/mol. The van der Waals surface area contributed by atoms with Crippen LogP contribution in [0.25, 0.3) is 0 Å². The van der Waals surface area contributed by atoms with E-state index in [-0.39, 0.29) is 12.1 Å². The number of aromatic carboxylic acids is 1. The first-order valence-electron chi connectivity index (χ1n) is 6.11. The molecule has 2 N–H and O–H groups in total. The van der Waals surface area contributed by atoms with E-state index in [4.69, 9.17) is 5.11 Å². The van der Waals surface area contributed by atoms with Crippen molar-refractivity contribution in [2.24, 2.45) is 0 Å². The molecule has 0 aliphatic carbocycles. The van der Waals surface area contributed by atoms with E-state index in [1.807, 2.05) is 31.2 Å². The second-order valence-corrected chi connectivity index (χ2v) is 6.65. The molecule has 0 radical (unpaired) electrons. The average Bonchev–Trinajstić information content (AvgIpc) is 2.91. The number of H-pyrrole nitrogens is 1. The van der Waals surface area contributed by atoms with Gasteiger partial charge in [0.05, 0.1) is 6.20 Å². The fraction of sp³-hybridized carbons (Fsp3) is 0.231. The van der Waals surface area contributed by atoms with Crippen LogP contribution in [0.15, 0.2) is 35.5 Å². The smallest absolute Gasteiger partial charge is 0.340 e. The van der Waals surface area contributed by atoms with Crippen LogP contribution in [-0.2, 0) is 16.6 Å². The van der Waals surface area contributed by atoms with Crippen molar-refractivity contribution in [1.82, 2.24) is 14.5 Å². The molecular weight excluding hydrogens is 294 g/mol. The van der Waals surface area contributed by atoms with Crippen molar-refractivity contribution >= 4 is 16.0 Å². The molecular formula is C13H15N3O4S. The maximum atomic E-state index is 12.4. The number of carboxylic acid groups (broad SMARTS) is 1. The number of aromatic amines is 1. The second-order valence-electron chi connectivity index (χ2n) is 4.66. The molecule has 112 valence electrons. The second kappa shape index (κ2) is 5.66. The molecule has 0 spiro atoms. The zero-order valence-corrected chi connectivity index (χ0v) is 12.4.